The molecule has 6 heterocycles. The van der Waals surface area contributed by atoms with E-state index in [2.05, 4.69) is 46.8 Å². The zero-order valence-corrected chi connectivity index (χ0v) is 16.3. The largest absolute Gasteiger partial charge is 0.472 e. The number of aromatic nitrogens is 7. The molecule has 6 aromatic heterocycles. The molecular weight excluding hydrogens is 378 g/mol. The molecule has 0 fully saturated rings. The van der Waals surface area contributed by atoms with Gasteiger partial charge in [0.15, 0.2) is 5.65 Å². The van der Waals surface area contributed by atoms with Crippen LogP contribution < -0.4 is 0 Å². The van der Waals surface area contributed by atoms with Crippen molar-refractivity contribution in [3.8, 4) is 33.9 Å². The Bertz CT molecular complexity index is 1520. The number of H-pyrrole nitrogens is 2. The third-order valence-electron chi connectivity index (χ3n) is 5.53. The molecule has 0 saturated carbocycles. The number of hydrogen-bond donors (Lipinski definition) is 2. The Morgan fingerprint density at radius 2 is 1.90 bits per heavy atom. The van der Waals surface area contributed by atoms with Crippen molar-refractivity contribution in [2.45, 2.75) is 6.92 Å². The Morgan fingerprint density at radius 1 is 0.967 bits per heavy atom. The normalized spacial score (nSPS) is 11.7. The second-order valence-corrected chi connectivity index (χ2v) is 7.26. The van der Waals surface area contributed by atoms with Gasteiger partial charge in [-0.1, -0.05) is 0 Å². The standard InChI is InChI=1S/C22H17N7O/c1-12-24-10-19(29(12)2)14-7-16-21(27-28-22(16)25-9-14)18-8-15-17(26-18)3-5-23-20(15)13-4-6-30-11-13/h3-11,26H,1-2H3,(H,25,27,28). The van der Waals surface area contributed by atoms with Crippen LogP contribution in [-0.4, -0.2) is 34.7 Å². The molecule has 0 radical (unpaired) electrons. The number of pyridine rings is 2. The third kappa shape index (κ3) is 2.40. The highest BCUT2D eigenvalue weighted by Crippen LogP contribution is 2.33. The van der Waals surface area contributed by atoms with Crippen LogP contribution in [-0.2, 0) is 7.05 Å². The summed E-state index contributed by atoms with van der Waals surface area (Å²) in [5.74, 6) is 0.951. The lowest BCUT2D eigenvalue weighted by Crippen LogP contribution is -1.94. The Labute approximate surface area is 170 Å². The van der Waals surface area contributed by atoms with Gasteiger partial charge in [0.2, 0.25) is 0 Å². The van der Waals surface area contributed by atoms with Crippen molar-refractivity contribution in [3.63, 3.8) is 0 Å². The van der Waals surface area contributed by atoms with Crippen LogP contribution in [0, 0.1) is 6.92 Å². The topological polar surface area (TPSA) is 101 Å². The molecule has 30 heavy (non-hydrogen) atoms. The van der Waals surface area contributed by atoms with Gasteiger partial charge >= 0.3 is 0 Å². The molecule has 6 aromatic rings. The Balaban J connectivity index is 1.53. The van der Waals surface area contributed by atoms with Crippen LogP contribution in [0.5, 0.6) is 0 Å². The first-order valence-electron chi connectivity index (χ1n) is 9.52. The molecule has 2 N–H and O–H groups in total. The lowest BCUT2D eigenvalue weighted by atomic mass is 10.1. The summed E-state index contributed by atoms with van der Waals surface area (Å²) < 4.78 is 7.29. The molecule has 0 aliphatic carbocycles. The van der Waals surface area contributed by atoms with E-state index in [0.717, 1.165) is 61.7 Å². The quantitative estimate of drug-likeness (QED) is 0.460. The number of furan rings is 1. The molecular formula is C22H17N7O. The maximum Gasteiger partial charge on any atom is 0.155 e. The fraction of sp³-hybridized carbons (Fsp3) is 0.0909. The molecule has 0 amide bonds. The summed E-state index contributed by atoms with van der Waals surface area (Å²) in [6.07, 6.45) is 8.84. The van der Waals surface area contributed by atoms with Gasteiger partial charge in [-0.3, -0.25) is 10.1 Å². The van der Waals surface area contributed by atoms with Crippen LogP contribution in [0.2, 0.25) is 0 Å². The molecule has 6 rings (SSSR count). The van der Waals surface area contributed by atoms with E-state index in [9.17, 15) is 0 Å². The number of nitrogens with one attached hydrogen (secondary N) is 2. The van der Waals surface area contributed by atoms with Crippen LogP contribution in [0.15, 0.2) is 59.8 Å². The number of rotatable bonds is 3. The summed E-state index contributed by atoms with van der Waals surface area (Å²) in [4.78, 5) is 17.0. The van der Waals surface area contributed by atoms with Gasteiger partial charge in [-0.25, -0.2) is 9.97 Å². The molecule has 8 nitrogen and oxygen atoms in total. The number of aryl methyl sites for hydroxylation is 1. The van der Waals surface area contributed by atoms with E-state index in [4.69, 9.17) is 4.42 Å². The highest BCUT2D eigenvalue weighted by atomic mass is 16.3. The van der Waals surface area contributed by atoms with Crippen LogP contribution in [0.1, 0.15) is 5.82 Å². The average Bonchev–Trinajstić information content (AvgIpc) is 3.54. The van der Waals surface area contributed by atoms with Crippen molar-refractivity contribution in [2.75, 3.05) is 0 Å². The first-order chi connectivity index (χ1) is 14.7. The van der Waals surface area contributed by atoms with Gasteiger partial charge in [-0.15, -0.1) is 0 Å². The Kier molecular flexibility index (Phi) is 3.43. The van der Waals surface area contributed by atoms with Gasteiger partial charge in [-0.05, 0) is 31.2 Å². The van der Waals surface area contributed by atoms with Crippen molar-refractivity contribution in [1.82, 2.24) is 34.7 Å². The van der Waals surface area contributed by atoms with Crippen molar-refractivity contribution < 1.29 is 4.42 Å². The van der Waals surface area contributed by atoms with Crippen LogP contribution in [0.25, 0.3) is 55.8 Å². The lowest BCUT2D eigenvalue weighted by molar-refractivity contribution is 0.568. The molecule has 0 unspecified atom stereocenters. The summed E-state index contributed by atoms with van der Waals surface area (Å²) in [6.45, 7) is 1.98. The van der Waals surface area contributed by atoms with Crippen LogP contribution >= 0.6 is 0 Å². The second-order valence-electron chi connectivity index (χ2n) is 7.26. The lowest BCUT2D eigenvalue weighted by Gasteiger charge is -2.04. The zero-order valence-electron chi connectivity index (χ0n) is 16.3. The fourth-order valence-electron chi connectivity index (χ4n) is 3.83. The van der Waals surface area contributed by atoms with Crippen LogP contribution in [0.4, 0.5) is 0 Å². The first kappa shape index (κ1) is 16.7. The molecule has 8 heteroatoms. The summed E-state index contributed by atoms with van der Waals surface area (Å²) in [6, 6.07) is 8.03. The van der Waals surface area contributed by atoms with Gasteiger partial charge in [0, 0.05) is 46.9 Å². The number of fused-ring (bicyclic) bond motifs is 2. The molecule has 0 atom stereocenters. The Hall–Kier alpha value is -4.20. The minimum absolute atomic E-state index is 0.736. The van der Waals surface area contributed by atoms with Gasteiger partial charge < -0.3 is 14.0 Å². The molecule has 0 aromatic carbocycles. The maximum atomic E-state index is 5.24. The van der Waals surface area contributed by atoms with E-state index in [1.54, 1.807) is 18.7 Å². The van der Waals surface area contributed by atoms with Crippen molar-refractivity contribution >= 4 is 21.9 Å². The number of hydrogen-bond acceptors (Lipinski definition) is 5. The number of imidazole rings is 1. The van der Waals surface area contributed by atoms with E-state index < -0.39 is 0 Å². The highest BCUT2D eigenvalue weighted by molar-refractivity contribution is 5.99. The smallest absolute Gasteiger partial charge is 0.155 e. The summed E-state index contributed by atoms with van der Waals surface area (Å²) in [5, 5.41) is 9.52. The first-order valence-corrected chi connectivity index (χ1v) is 9.52. The van der Waals surface area contributed by atoms with Crippen molar-refractivity contribution in [3.05, 3.63) is 61.2 Å². The van der Waals surface area contributed by atoms with E-state index >= 15 is 0 Å². The number of nitrogens with zero attached hydrogens (tertiary/aromatic N) is 5. The molecule has 0 aliphatic rings. The van der Waals surface area contributed by atoms with Crippen molar-refractivity contribution in [1.29, 1.82) is 0 Å². The summed E-state index contributed by atoms with van der Waals surface area (Å²) in [7, 11) is 2.00. The molecule has 0 saturated heterocycles. The van der Waals surface area contributed by atoms with Gasteiger partial charge in [0.25, 0.3) is 0 Å². The molecule has 0 aliphatic heterocycles. The Morgan fingerprint density at radius 3 is 2.70 bits per heavy atom. The fourth-order valence-corrected chi connectivity index (χ4v) is 3.83. The molecule has 0 bridgehead atoms. The van der Waals surface area contributed by atoms with E-state index in [1.165, 1.54) is 0 Å². The molecule has 0 spiro atoms. The van der Waals surface area contributed by atoms with Gasteiger partial charge in [0.05, 0.1) is 35.8 Å². The summed E-state index contributed by atoms with van der Waals surface area (Å²) in [5.41, 5.74) is 7.24. The summed E-state index contributed by atoms with van der Waals surface area (Å²) >= 11 is 0. The van der Waals surface area contributed by atoms with Crippen molar-refractivity contribution in [2.24, 2.45) is 7.05 Å². The third-order valence-corrected chi connectivity index (χ3v) is 5.53. The van der Waals surface area contributed by atoms with Gasteiger partial charge in [-0.2, -0.15) is 5.10 Å². The predicted octanol–water partition coefficient (Wildman–Crippen LogP) is 4.47. The monoisotopic (exact) mass is 395 g/mol. The predicted molar refractivity (Wildman–Crippen MR) is 114 cm³/mol. The average molecular weight is 395 g/mol. The maximum absolute atomic E-state index is 5.24. The van der Waals surface area contributed by atoms with Crippen LogP contribution in [0.3, 0.4) is 0 Å². The zero-order chi connectivity index (χ0) is 20.2. The minimum Gasteiger partial charge on any atom is -0.472 e. The minimum atomic E-state index is 0.736. The van der Waals surface area contributed by atoms with E-state index in [0.29, 0.717) is 0 Å². The molecule has 146 valence electrons. The number of aromatic amines is 2. The van der Waals surface area contributed by atoms with E-state index in [-0.39, 0.29) is 0 Å². The van der Waals surface area contributed by atoms with E-state index in [1.807, 2.05) is 38.5 Å². The SMILES string of the molecule is Cc1ncc(-c2cnc3[nH]nc(-c4cc5c(-c6ccoc6)nccc5[nH]4)c3c2)n1C. The second kappa shape index (κ2) is 6.15. The highest BCUT2D eigenvalue weighted by Gasteiger charge is 2.16. The van der Waals surface area contributed by atoms with Gasteiger partial charge in [0.1, 0.15) is 11.5 Å².